The van der Waals surface area contributed by atoms with Crippen LogP contribution in [0.5, 0.6) is 5.75 Å². The molecule has 0 atom stereocenters. The van der Waals surface area contributed by atoms with E-state index >= 15 is 0 Å². The SMILES string of the molecule is O=C(O)c1occc1COc1c(F)cccc1F. The average molecular weight is 254 g/mol. The standard InChI is InChI=1S/C12H8F2O4/c13-8-2-1-3-9(14)11(8)18-6-7-4-5-17-10(7)12(15)16/h1-5H,6H2,(H,15,16). The van der Waals surface area contributed by atoms with Gasteiger partial charge in [0.1, 0.15) is 6.61 Å². The smallest absolute Gasteiger partial charge is 0.372 e. The fraction of sp³-hybridized carbons (Fsp3) is 0.0833. The van der Waals surface area contributed by atoms with Crippen molar-refractivity contribution in [2.75, 3.05) is 0 Å². The van der Waals surface area contributed by atoms with Crippen LogP contribution >= 0.6 is 0 Å². The Balaban J connectivity index is 2.17. The number of rotatable bonds is 4. The first-order valence-electron chi connectivity index (χ1n) is 4.96. The number of carbonyl (C=O) groups is 1. The van der Waals surface area contributed by atoms with E-state index in [-0.39, 0.29) is 17.9 Å². The predicted octanol–water partition coefficient (Wildman–Crippen LogP) is 2.84. The van der Waals surface area contributed by atoms with E-state index in [9.17, 15) is 13.6 Å². The summed E-state index contributed by atoms with van der Waals surface area (Å²) >= 11 is 0. The van der Waals surface area contributed by atoms with Crippen LogP contribution in [0.4, 0.5) is 8.78 Å². The molecule has 1 heterocycles. The topological polar surface area (TPSA) is 59.7 Å². The van der Waals surface area contributed by atoms with Gasteiger partial charge in [0.05, 0.1) is 6.26 Å². The molecule has 0 saturated heterocycles. The average Bonchev–Trinajstić information content (AvgIpc) is 2.76. The molecule has 6 heteroatoms. The van der Waals surface area contributed by atoms with Gasteiger partial charge in [-0.3, -0.25) is 0 Å². The molecule has 1 aromatic carbocycles. The second-order valence-corrected chi connectivity index (χ2v) is 3.42. The Morgan fingerprint density at radius 3 is 2.56 bits per heavy atom. The number of carboxylic acid groups (broad SMARTS) is 1. The summed E-state index contributed by atoms with van der Waals surface area (Å²) in [5, 5.41) is 8.76. The van der Waals surface area contributed by atoms with Crippen molar-refractivity contribution < 1.29 is 27.8 Å². The summed E-state index contributed by atoms with van der Waals surface area (Å²) in [5.41, 5.74) is 0.199. The van der Waals surface area contributed by atoms with Gasteiger partial charge in [0.15, 0.2) is 17.4 Å². The number of aromatic carboxylic acids is 1. The van der Waals surface area contributed by atoms with Gasteiger partial charge in [-0.25, -0.2) is 13.6 Å². The molecule has 2 rings (SSSR count). The number of carboxylic acids is 1. The quantitative estimate of drug-likeness (QED) is 0.911. The molecule has 94 valence electrons. The third kappa shape index (κ3) is 2.32. The lowest BCUT2D eigenvalue weighted by Gasteiger charge is -2.07. The van der Waals surface area contributed by atoms with E-state index in [0.29, 0.717) is 0 Å². The van der Waals surface area contributed by atoms with Crippen molar-refractivity contribution in [2.45, 2.75) is 6.61 Å². The Bertz CT molecular complexity index is 557. The summed E-state index contributed by atoms with van der Waals surface area (Å²) in [7, 11) is 0. The molecule has 0 radical (unpaired) electrons. The molecule has 0 aliphatic heterocycles. The normalized spacial score (nSPS) is 10.3. The zero-order chi connectivity index (χ0) is 13.1. The third-order valence-corrected chi connectivity index (χ3v) is 2.23. The molecule has 1 N–H and O–H groups in total. The van der Waals surface area contributed by atoms with Crippen molar-refractivity contribution in [1.29, 1.82) is 0 Å². The molecular weight excluding hydrogens is 246 g/mol. The van der Waals surface area contributed by atoms with Gasteiger partial charge in [0.2, 0.25) is 5.76 Å². The maximum Gasteiger partial charge on any atom is 0.372 e. The summed E-state index contributed by atoms with van der Waals surface area (Å²) < 4.78 is 36.1. The van der Waals surface area contributed by atoms with Gasteiger partial charge in [-0.15, -0.1) is 0 Å². The number of benzene rings is 1. The molecular formula is C12H8F2O4. The van der Waals surface area contributed by atoms with E-state index in [1.165, 1.54) is 18.4 Å². The zero-order valence-electron chi connectivity index (χ0n) is 9.02. The molecule has 0 bridgehead atoms. The second-order valence-electron chi connectivity index (χ2n) is 3.42. The van der Waals surface area contributed by atoms with Gasteiger partial charge < -0.3 is 14.3 Å². The van der Waals surface area contributed by atoms with Crippen molar-refractivity contribution in [3.8, 4) is 5.75 Å². The first-order valence-corrected chi connectivity index (χ1v) is 4.96. The molecule has 0 aliphatic carbocycles. The fourth-order valence-corrected chi connectivity index (χ4v) is 1.41. The molecule has 0 amide bonds. The van der Waals surface area contributed by atoms with Gasteiger partial charge in [-0.2, -0.15) is 0 Å². The highest BCUT2D eigenvalue weighted by Gasteiger charge is 2.16. The van der Waals surface area contributed by atoms with Gasteiger partial charge in [0, 0.05) is 5.56 Å². The zero-order valence-corrected chi connectivity index (χ0v) is 9.02. The van der Waals surface area contributed by atoms with Crippen molar-refractivity contribution in [1.82, 2.24) is 0 Å². The molecule has 4 nitrogen and oxygen atoms in total. The summed E-state index contributed by atoms with van der Waals surface area (Å²) in [6, 6.07) is 4.66. The Morgan fingerprint density at radius 2 is 1.94 bits per heavy atom. The lowest BCUT2D eigenvalue weighted by molar-refractivity contribution is 0.0658. The van der Waals surface area contributed by atoms with Crippen molar-refractivity contribution in [3.05, 3.63) is 53.5 Å². The van der Waals surface area contributed by atoms with Crippen LogP contribution in [0.3, 0.4) is 0 Å². The maximum atomic E-state index is 13.2. The van der Waals surface area contributed by atoms with Gasteiger partial charge >= 0.3 is 5.97 Å². The van der Waals surface area contributed by atoms with E-state index in [1.807, 2.05) is 0 Å². The number of hydrogen-bond acceptors (Lipinski definition) is 3. The Labute approximate surface area is 100 Å². The predicted molar refractivity (Wildman–Crippen MR) is 56.4 cm³/mol. The monoisotopic (exact) mass is 254 g/mol. The molecule has 0 aliphatic rings. The third-order valence-electron chi connectivity index (χ3n) is 2.23. The van der Waals surface area contributed by atoms with Crippen LogP contribution in [0, 0.1) is 11.6 Å². The lowest BCUT2D eigenvalue weighted by Crippen LogP contribution is -2.04. The van der Waals surface area contributed by atoms with Crippen molar-refractivity contribution in [3.63, 3.8) is 0 Å². The molecule has 1 aromatic heterocycles. The van der Waals surface area contributed by atoms with Crippen LogP contribution in [0.1, 0.15) is 16.1 Å². The Hall–Kier alpha value is -2.37. The molecule has 0 fully saturated rings. The van der Waals surface area contributed by atoms with E-state index in [4.69, 9.17) is 14.3 Å². The minimum absolute atomic E-state index is 0.199. The number of ether oxygens (including phenoxy) is 1. The summed E-state index contributed by atoms with van der Waals surface area (Å²) in [6.07, 6.45) is 1.17. The van der Waals surface area contributed by atoms with Crippen LogP contribution in [0.15, 0.2) is 34.9 Å². The summed E-state index contributed by atoms with van der Waals surface area (Å²) in [4.78, 5) is 10.7. The molecule has 0 spiro atoms. The van der Waals surface area contributed by atoms with E-state index in [1.54, 1.807) is 0 Å². The fourth-order valence-electron chi connectivity index (χ4n) is 1.41. The molecule has 0 unspecified atom stereocenters. The minimum Gasteiger partial charge on any atom is -0.483 e. The van der Waals surface area contributed by atoms with Gasteiger partial charge in [-0.05, 0) is 18.2 Å². The van der Waals surface area contributed by atoms with Crippen LogP contribution < -0.4 is 4.74 Å². The van der Waals surface area contributed by atoms with Crippen LogP contribution in [-0.4, -0.2) is 11.1 Å². The van der Waals surface area contributed by atoms with E-state index in [2.05, 4.69) is 0 Å². The highest BCUT2D eigenvalue weighted by molar-refractivity contribution is 5.86. The summed E-state index contributed by atoms with van der Waals surface area (Å²) in [5.74, 6) is -3.83. The highest BCUT2D eigenvalue weighted by atomic mass is 19.1. The highest BCUT2D eigenvalue weighted by Crippen LogP contribution is 2.22. The van der Waals surface area contributed by atoms with Crippen molar-refractivity contribution in [2.24, 2.45) is 0 Å². The molecule has 2 aromatic rings. The Morgan fingerprint density at radius 1 is 1.28 bits per heavy atom. The van der Waals surface area contributed by atoms with Gasteiger partial charge in [-0.1, -0.05) is 6.07 Å². The molecule has 18 heavy (non-hydrogen) atoms. The van der Waals surface area contributed by atoms with Gasteiger partial charge in [0.25, 0.3) is 0 Å². The van der Waals surface area contributed by atoms with E-state index in [0.717, 1.165) is 12.1 Å². The number of halogens is 2. The largest absolute Gasteiger partial charge is 0.483 e. The number of furan rings is 1. The number of hydrogen-bond donors (Lipinski definition) is 1. The van der Waals surface area contributed by atoms with Crippen LogP contribution in [0.25, 0.3) is 0 Å². The van der Waals surface area contributed by atoms with Crippen LogP contribution in [-0.2, 0) is 6.61 Å². The minimum atomic E-state index is -1.27. The van der Waals surface area contributed by atoms with E-state index < -0.39 is 23.4 Å². The maximum absolute atomic E-state index is 13.2. The number of para-hydroxylation sites is 1. The lowest BCUT2D eigenvalue weighted by atomic mass is 10.2. The first kappa shape index (κ1) is 12.1. The Kier molecular flexibility index (Phi) is 3.27. The summed E-state index contributed by atoms with van der Waals surface area (Å²) in [6.45, 7) is -0.296. The molecule has 0 saturated carbocycles. The van der Waals surface area contributed by atoms with Crippen molar-refractivity contribution >= 4 is 5.97 Å². The second kappa shape index (κ2) is 4.87. The van der Waals surface area contributed by atoms with Crippen LogP contribution in [0.2, 0.25) is 0 Å². The first-order chi connectivity index (χ1) is 8.59.